The Hall–Kier alpha value is -2.05. The van der Waals surface area contributed by atoms with E-state index in [-0.39, 0.29) is 6.03 Å². The Balaban J connectivity index is 1.20. The van der Waals surface area contributed by atoms with Gasteiger partial charge in [-0.3, -0.25) is 4.90 Å². The molecule has 0 bridgehead atoms. The van der Waals surface area contributed by atoms with Crippen molar-refractivity contribution in [1.29, 1.82) is 0 Å². The van der Waals surface area contributed by atoms with Crippen molar-refractivity contribution in [3.05, 3.63) is 52.7 Å². The fraction of sp³-hybridized carbons (Fsp3) is 0.476. The third-order valence-electron chi connectivity index (χ3n) is 4.84. The first-order chi connectivity index (χ1) is 13.3. The van der Waals surface area contributed by atoms with Gasteiger partial charge in [-0.25, -0.2) is 4.79 Å². The van der Waals surface area contributed by atoms with Crippen LogP contribution >= 0.6 is 11.3 Å². The van der Waals surface area contributed by atoms with E-state index in [0.29, 0.717) is 19.1 Å². The Labute approximate surface area is 165 Å². The summed E-state index contributed by atoms with van der Waals surface area (Å²) in [5, 5.41) is 8.06. The molecule has 2 N–H and O–H groups in total. The first-order valence-corrected chi connectivity index (χ1v) is 10.6. The summed E-state index contributed by atoms with van der Waals surface area (Å²) in [6.45, 7) is 5.28. The number of ether oxygens (including phenoxy) is 1. The van der Waals surface area contributed by atoms with Gasteiger partial charge in [-0.2, -0.15) is 0 Å². The van der Waals surface area contributed by atoms with Crippen LogP contribution in [0.4, 0.5) is 4.79 Å². The highest BCUT2D eigenvalue weighted by atomic mass is 32.1. The van der Waals surface area contributed by atoms with E-state index >= 15 is 0 Å². The molecule has 1 aromatic carbocycles. The van der Waals surface area contributed by atoms with Crippen LogP contribution in [0.2, 0.25) is 0 Å². The number of benzene rings is 1. The predicted octanol–water partition coefficient (Wildman–Crippen LogP) is 3.73. The highest BCUT2D eigenvalue weighted by Crippen LogP contribution is 2.20. The van der Waals surface area contributed by atoms with Gasteiger partial charge in [0.15, 0.2) is 0 Å². The molecule has 2 aromatic rings. The second-order valence-electron chi connectivity index (χ2n) is 6.95. The minimum Gasteiger partial charge on any atom is -0.494 e. The smallest absolute Gasteiger partial charge is 0.314 e. The molecule has 2 heterocycles. The van der Waals surface area contributed by atoms with Crippen molar-refractivity contribution >= 4 is 17.4 Å². The van der Waals surface area contributed by atoms with Gasteiger partial charge in [0.25, 0.3) is 0 Å². The molecule has 1 saturated heterocycles. The van der Waals surface area contributed by atoms with Gasteiger partial charge in [0.05, 0.1) is 6.61 Å². The Morgan fingerprint density at radius 3 is 2.67 bits per heavy atom. The Kier molecular flexibility index (Phi) is 7.99. The van der Waals surface area contributed by atoms with Gasteiger partial charge >= 0.3 is 6.03 Å². The summed E-state index contributed by atoms with van der Waals surface area (Å²) in [5.74, 6) is 1.45. The van der Waals surface area contributed by atoms with Crippen molar-refractivity contribution in [2.75, 3.05) is 32.8 Å². The summed E-state index contributed by atoms with van der Waals surface area (Å²) < 4.78 is 5.61. The lowest BCUT2D eigenvalue weighted by molar-refractivity contribution is 0.176. The van der Waals surface area contributed by atoms with Gasteiger partial charge in [-0.1, -0.05) is 24.3 Å². The Bertz CT molecular complexity index is 655. The maximum absolute atomic E-state index is 11.9. The van der Waals surface area contributed by atoms with Crippen LogP contribution in [0.15, 0.2) is 47.8 Å². The number of rotatable bonds is 9. The third kappa shape index (κ3) is 7.23. The minimum absolute atomic E-state index is 0.0734. The van der Waals surface area contributed by atoms with Crippen molar-refractivity contribution in [3.63, 3.8) is 0 Å². The molecule has 1 aliphatic rings. The molecule has 1 fully saturated rings. The van der Waals surface area contributed by atoms with Crippen LogP contribution in [0.3, 0.4) is 0 Å². The van der Waals surface area contributed by atoms with Gasteiger partial charge < -0.3 is 15.4 Å². The van der Waals surface area contributed by atoms with Crippen LogP contribution in [-0.4, -0.2) is 43.7 Å². The van der Waals surface area contributed by atoms with Gasteiger partial charge in [-0.05, 0) is 61.8 Å². The average molecular weight is 388 g/mol. The topological polar surface area (TPSA) is 53.6 Å². The van der Waals surface area contributed by atoms with Crippen molar-refractivity contribution in [2.45, 2.75) is 25.8 Å². The van der Waals surface area contributed by atoms with Crippen molar-refractivity contribution in [1.82, 2.24) is 15.5 Å². The van der Waals surface area contributed by atoms with Crippen molar-refractivity contribution < 1.29 is 9.53 Å². The van der Waals surface area contributed by atoms with E-state index in [1.807, 2.05) is 41.7 Å². The molecule has 0 atom stereocenters. The molecule has 0 unspecified atom stereocenters. The highest BCUT2D eigenvalue weighted by Gasteiger charge is 2.19. The molecule has 2 amide bonds. The van der Waals surface area contributed by atoms with Crippen LogP contribution in [0.25, 0.3) is 0 Å². The van der Waals surface area contributed by atoms with Gasteiger partial charge in [0.1, 0.15) is 5.75 Å². The summed E-state index contributed by atoms with van der Waals surface area (Å²) in [6, 6.07) is 14.0. The lowest BCUT2D eigenvalue weighted by Gasteiger charge is -2.31. The SMILES string of the molecule is O=C(NCCCOc1ccccc1)NCC1CCN(Cc2cccs2)CC1. The molecule has 146 valence electrons. The molecule has 27 heavy (non-hydrogen) atoms. The maximum atomic E-state index is 11.9. The van der Waals surface area contributed by atoms with Crippen LogP contribution < -0.4 is 15.4 Å². The van der Waals surface area contributed by atoms with Crippen molar-refractivity contribution in [2.24, 2.45) is 5.92 Å². The number of hydrogen-bond acceptors (Lipinski definition) is 4. The molecule has 0 aliphatic carbocycles. The Morgan fingerprint density at radius 1 is 1.11 bits per heavy atom. The van der Waals surface area contributed by atoms with Crippen LogP contribution in [-0.2, 0) is 6.54 Å². The number of amides is 2. The number of para-hydroxylation sites is 1. The lowest BCUT2D eigenvalue weighted by atomic mass is 9.97. The fourth-order valence-electron chi connectivity index (χ4n) is 3.25. The normalized spacial score (nSPS) is 15.4. The molecule has 1 aromatic heterocycles. The highest BCUT2D eigenvalue weighted by molar-refractivity contribution is 7.09. The molecular formula is C21H29N3O2S. The molecule has 0 saturated carbocycles. The van der Waals surface area contributed by atoms with Gasteiger partial charge in [-0.15, -0.1) is 11.3 Å². The summed E-state index contributed by atoms with van der Waals surface area (Å²) in [7, 11) is 0. The van der Waals surface area contributed by atoms with E-state index < -0.39 is 0 Å². The quantitative estimate of drug-likeness (QED) is 0.645. The number of carbonyl (C=O) groups excluding carboxylic acids is 1. The zero-order valence-electron chi connectivity index (χ0n) is 15.7. The molecular weight excluding hydrogens is 358 g/mol. The monoisotopic (exact) mass is 387 g/mol. The first-order valence-electron chi connectivity index (χ1n) is 9.74. The van der Waals surface area contributed by atoms with E-state index in [1.165, 1.54) is 4.88 Å². The van der Waals surface area contributed by atoms with E-state index in [9.17, 15) is 4.79 Å². The standard InChI is InChI=1S/C21H29N3O2S/c25-21(22-11-5-14-26-19-6-2-1-3-7-19)23-16-18-9-12-24(13-10-18)17-20-8-4-15-27-20/h1-4,6-8,15,18H,5,9-14,16-17H2,(H2,22,23,25). The lowest BCUT2D eigenvalue weighted by Crippen LogP contribution is -2.42. The van der Waals surface area contributed by atoms with E-state index in [0.717, 1.165) is 51.2 Å². The summed E-state index contributed by atoms with van der Waals surface area (Å²) in [6.07, 6.45) is 3.09. The van der Waals surface area contributed by atoms with Crippen molar-refractivity contribution in [3.8, 4) is 5.75 Å². The van der Waals surface area contributed by atoms with E-state index in [1.54, 1.807) is 0 Å². The van der Waals surface area contributed by atoms with Crippen LogP contribution in [0.1, 0.15) is 24.1 Å². The number of likely N-dealkylation sites (tertiary alicyclic amines) is 1. The number of nitrogens with zero attached hydrogens (tertiary/aromatic N) is 1. The second-order valence-corrected chi connectivity index (χ2v) is 7.98. The number of nitrogens with one attached hydrogen (secondary N) is 2. The number of hydrogen-bond donors (Lipinski definition) is 2. The number of carbonyl (C=O) groups is 1. The summed E-state index contributed by atoms with van der Waals surface area (Å²) in [5.41, 5.74) is 0. The summed E-state index contributed by atoms with van der Waals surface area (Å²) in [4.78, 5) is 15.9. The maximum Gasteiger partial charge on any atom is 0.314 e. The number of urea groups is 1. The van der Waals surface area contributed by atoms with Gasteiger partial charge in [0, 0.05) is 24.5 Å². The van der Waals surface area contributed by atoms with E-state index in [2.05, 4.69) is 33.0 Å². The Morgan fingerprint density at radius 2 is 1.93 bits per heavy atom. The molecule has 0 spiro atoms. The molecule has 5 nitrogen and oxygen atoms in total. The molecule has 1 aliphatic heterocycles. The largest absolute Gasteiger partial charge is 0.494 e. The van der Waals surface area contributed by atoms with Crippen LogP contribution in [0.5, 0.6) is 5.75 Å². The second kappa shape index (κ2) is 10.9. The minimum atomic E-state index is -0.0734. The molecule has 0 radical (unpaired) electrons. The average Bonchev–Trinajstić information content (AvgIpc) is 3.21. The number of piperidine rings is 1. The summed E-state index contributed by atoms with van der Waals surface area (Å²) >= 11 is 1.83. The fourth-order valence-corrected chi connectivity index (χ4v) is 4.00. The molecule has 6 heteroatoms. The predicted molar refractivity (Wildman–Crippen MR) is 110 cm³/mol. The molecule has 3 rings (SSSR count). The number of thiophene rings is 1. The van der Waals surface area contributed by atoms with Gasteiger partial charge in [0.2, 0.25) is 0 Å². The van der Waals surface area contributed by atoms with E-state index in [4.69, 9.17) is 4.74 Å². The first kappa shape index (κ1) is 19.7. The third-order valence-corrected chi connectivity index (χ3v) is 5.70. The zero-order chi connectivity index (χ0) is 18.7. The van der Waals surface area contributed by atoms with Crippen LogP contribution in [0, 0.1) is 5.92 Å². The zero-order valence-corrected chi connectivity index (χ0v) is 16.5.